The number of hydrogen-bond donors (Lipinski definition) is 1. The highest BCUT2D eigenvalue weighted by molar-refractivity contribution is 7.91. The van der Waals surface area contributed by atoms with Crippen molar-refractivity contribution in [2.75, 3.05) is 25.4 Å². The maximum atomic E-state index is 14.1. The molecular formula is C26H28ClF3N4O4S. The number of nitrogens with zero attached hydrogens (tertiary/aromatic N) is 3. The first-order valence-corrected chi connectivity index (χ1v) is 14.4. The molecule has 1 saturated heterocycles. The summed E-state index contributed by atoms with van der Waals surface area (Å²) in [6.07, 6.45) is -2.76. The van der Waals surface area contributed by atoms with E-state index >= 15 is 0 Å². The van der Waals surface area contributed by atoms with Crippen LogP contribution in [0.25, 0.3) is 10.9 Å². The molecule has 1 fully saturated rings. The number of alkyl halides is 3. The zero-order valence-electron chi connectivity index (χ0n) is 21.4. The summed E-state index contributed by atoms with van der Waals surface area (Å²) in [5.41, 5.74) is -1.29. The van der Waals surface area contributed by atoms with E-state index in [-0.39, 0.29) is 62.6 Å². The van der Waals surface area contributed by atoms with Gasteiger partial charge in [-0.3, -0.25) is 19.1 Å². The smallest absolute Gasteiger partial charge is 0.356 e. The van der Waals surface area contributed by atoms with Gasteiger partial charge in [0.15, 0.2) is 9.84 Å². The minimum absolute atomic E-state index is 0.00449. The van der Waals surface area contributed by atoms with Crippen LogP contribution >= 0.6 is 11.6 Å². The van der Waals surface area contributed by atoms with E-state index in [0.717, 1.165) is 17.1 Å². The maximum absolute atomic E-state index is 14.1. The maximum Gasteiger partial charge on any atom is 0.416 e. The largest absolute Gasteiger partial charge is 0.416 e. The Labute approximate surface area is 228 Å². The fourth-order valence-corrected chi connectivity index (χ4v) is 6.13. The minimum Gasteiger partial charge on any atom is -0.356 e. The van der Waals surface area contributed by atoms with Gasteiger partial charge in [0.25, 0.3) is 5.56 Å². The number of likely N-dealkylation sites (tertiary alicyclic amines) is 1. The summed E-state index contributed by atoms with van der Waals surface area (Å²) in [5, 5.41) is 2.78. The molecule has 39 heavy (non-hydrogen) atoms. The number of sulfone groups is 1. The van der Waals surface area contributed by atoms with E-state index in [1.165, 1.54) is 44.4 Å². The zero-order valence-corrected chi connectivity index (χ0v) is 23.0. The highest BCUT2D eigenvalue weighted by Gasteiger charge is 2.35. The number of benzene rings is 2. The lowest BCUT2D eigenvalue weighted by atomic mass is 10.0. The fourth-order valence-electron chi connectivity index (χ4n) is 4.82. The van der Waals surface area contributed by atoms with Crippen LogP contribution in [0.1, 0.15) is 37.0 Å². The number of rotatable bonds is 8. The Hall–Kier alpha value is -2.96. The molecular weight excluding hydrogens is 557 g/mol. The summed E-state index contributed by atoms with van der Waals surface area (Å²) in [5.74, 6) is -0.186. The quantitative estimate of drug-likeness (QED) is 0.431. The van der Waals surface area contributed by atoms with E-state index in [1.54, 1.807) is 0 Å². The first kappa shape index (κ1) is 29.0. The SMILES string of the molecule is CCS(=O)(=O)c1ccc(Cl)cc1Cn1cnc2cc(CN3CC[C@@H](CNC(C)=O)C3)c(C(F)(F)F)cc2c1=O. The molecule has 1 amide bonds. The third-order valence-electron chi connectivity index (χ3n) is 6.84. The van der Waals surface area contributed by atoms with Gasteiger partial charge in [0.2, 0.25) is 5.91 Å². The highest BCUT2D eigenvalue weighted by atomic mass is 35.5. The van der Waals surface area contributed by atoms with E-state index in [9.17, 15) is 31.2 Å². The Bertz CT molecular complexity index is 1570. The zero-order chi connectivity index (χ0) is 28.5. The van der Waals surface area contributed by atoms with Gasteiger partial charge < -0.3 is 5.32 Å². The topological polar surface area (TPSA) is 101 Å². The number of fused-ring (bicyclic) bond motifs is 1. The van der Waals surface area contributed by atoms with Crippen LogP contribution in [0.4, 0.5) is 13.2 Å². The Morgan fingerprint density at radius 2 is 1.92 bits per heavy atom. The molecule has 1 aliphatic rings. The first-order valence-electron chi connectivity index (χ1n) is 12.4. The van der Waals surface area contributed by atoms with E-state index in [0.29, 0.717) is 19.6 Å². The Morgan fingerprint density at radius 3 is 2.59 bits per heavy atom. The summed E-state index contributed by atoms with van der Waals surface area (Å²) in [4.78, 5) is 30.6. The summed E-state index contributed by atoms with van der Waals surface area (Å²) in [6.45, 7) is 4.27. The van der Waals surface area contributed by atoms with Crippen LogP contribution in [0.5, 0.6) is 0 Å². The molecule has 1 aromatic heterocycles. The van der Waals surface area contributed by atoms with Gasteiger partial charge in [-0.1, -0.05) is 18.5 Å². The molecule has 0 radical (unpaired) electrons. The van der Waals surface area contributed by atoms with Crippen LogP contribution in [0.15, 0.2) is 46.3 Å². The highest BCUT2D eigenvalue weighted by Crippen LogP contribution is 2.35. The molecule has 1 atom stereocenters. The molecule has 2 aromatic carbocycles. The number of halogens is 4. The van der Waals surface area contributed by atoms with Gasteiger partial charge >= 0.3 is 6.18 Å². The molecule has 4 rings (SSSR count). The van der Waals surface area contributed by atoms with E-state index < -0.39 is 27.1 Å². The van der Waals surface area contributed by atoms with Crippen LogP contribution in [0.2, 0.25) is 5.02 Å². The van der Waals surface area contributed by atoms with Gasteiger partial charge in [0.05, 0.1) is 40.0 Å². The normalized spacial score (nSPS) is 16.6. The second-order valence-electron chi connectivity index (χ2n) is 9.68. The molecule has 0 aliphatic carbocycles. The summed E-state index contributed by atoms with van der Waals surface area (Å²) >= 11 is 6.06. The second-order valence-corrected chi connectivity index (χ2v) is 12.4. The van der Waals surface area contributed by atoms with Gasteiger partial charge in [-0.05, 0) is 60.3 Å². The van der Waals surface area contributed by atoms with Crippen LogP contribution in [0, 0.1) is 5.92 Å². The van der Waals surface area contributed by atoms with Gasteiger partial charge in [-0.25, -0.2) is 13.4 Å². The van der Waals surface area contributed by atoms with Crippen molar-refractivity contribution in [1.82, 2.24) is 19.8 Å². The lowest BCUT2D eigenvalue weighted by Crippen LogP contribution is -2.29. The minimum atomic E-state index is -4.71. The Balaban J connectivity index is 1.69. The Morgan fingerprint density at radius 1 is 1.18 bits per heavy atom. The van der Waals surface area contributed by atoms with Gasteiger partial charge in [0.1, 0.15) is 0 Å². The van der Waals surface area contributed by atoms with Crippen molar-refractivity contribution >= 4 is 38.2 Å². The molecule has 0 saturated carbocycles. The van der Waals surface area contributed by atoms with E-state index in [4.69, 9.17) is 11.6 Å². The van der Waals surface area contributed by atoms with Crippen LogP contribution in [-0.4, -0.2) is 54.2 Å². The summed E-state index contributed by atoms with van der Waals surface area (Å²) in [6, 6.07) is 6.30. The van der Waals surface area contributed by atoms with Crippen molar-refractivity contribution < 1.29 is 26.4 Å². The number of carbonyl (C=O) groups excluding carboxylic acids is 1. The molecule has 8 nitrogen and oxygen atoms in total. The molecule has 210 valence electrons. The third kappa shape index (κ3) is 6.62. The molecule has 3 aromatic rings. The van der Waals surface area contributed by atoms with Gasteiger partial charge in [0, 0.05) is 31.6 Å². The second kappa shape index (κ2) is 11.3. The van der Waals surface area contributed by atoms with E-state index in [1.807, 2.05) is 4.90 Å². The lowest BCUT2D eigenvalue weighted by molar-refractivity contribution is -0.138. The van der Waals surface area contributed by atoms with Crippen LogP contribution < -0.4 is 10.9 Å². The Kier molecular flexibility index (Phi) is 8.38. The number of nitrogens with one attached hydrogen (secondary N) is 1. The van der Waals surface area contributed by atoms with Gasteiger partial charge in [-0.15, -0.1) is 0 Å². The first-order chi connectivity index (χ1) is 18.3. The van der Waals surface area contributed by atoms with Crippen LogP contribution in [0.3, 0.4) is 0 Å². The number of aromatic nitrogens is 2. The lowest BCUT2D eigenvalue weighted by Gasteiger charge is -2.20. The molecule has 13 heteroatoms. The molecule has 0 unspecified atom stereocenters. The summed E-state index contributed by atoms with van der Waals surface area (Å²) < 4.78 is 68.5. The van der Waals surface area contributed by atoms with Gasteiger partial charge in [-0.2, -0.15) is 13.2 Å². The molecule has 1 aliphatic heterocycles. The molecule has 2 heterocycles. The molecule has 1 N–H and O–H groups in total. The number of amides is 1. The van der Waals surface area contributed by atoms with Crippen molar-refractivity contribution in [1.29, 1.82) is 0 Å². The van der Waals surface area contributed by atoms with Crippen molar-refractivity contribution in [3.05, 3.63) is 68.7 Å². The van der Waals surface area contributed by atoms with Crippen molar-refractivity contribution in [3.63, 3.8) is 0 Å². The fraction of sp³-hybridized carbons (Fsp3) is 0.423. The number of hydrogen-bond acceptors (Lipinski definition) is 6. The average Bonchev–Trinajstić information content (AvgIpc) is 3.31. The predicted molar refractivity (Wildman–Crippen MR) is 141 cm³/mol. The average molecular weight is 585 g/mol. The van der Waals surface area contributed by atoms with Crippen molar-refractivity contribution in [2.45, 2.75) is 44.4 Å². The molecule has 0 spiro atoms. The van der Waals surface area contributed by atoms with Crippen LogP contribution in [-0.2, 0) is 33.9 Å². The van der Waals surface area contributed by atoms with E-state index in [2.05, 4.69) is 10.3 Å². The monoisotopic (exact) mass is 584 g/mol. The standard InChI is InChI=1S/C26H28ClF3N4O4S/c1-3-39(37,38)24-5-4-20(27)8-19(24)14-34-15-32-23-9-18(22(26(28,29)30)10-21(23)25(34)36)13-33-7-6-17(12-33)11-31-16(2)35/h4-5,8-10,15,17H,3,6-7,11-14H2,1-2H3,(H,31,35)/t17-/m0/s1. The van der Waals surface area contributed by atoms with Crippen molar-refractivity contribution in [3.8, 4) is 0 Å². The molecule has 0 bridgehead atoms. The van der Waals surface area contributed by atoms with Crippen molar-refractivity contribution in [2.24, 2.45) is 5.92 Å². The number of carbonyl (C=O) groups is 1. The third-order valence-corrected chi connectivity index (χ3v) is 8.90. The predicted octanol–water partition coefficient (Wildman–Crippen LogP) is 3.87. The summed E-state index contributed by atoms with van der Waals surface area (Å²) in [7, 11) is -3.64.